The molecule has 4 aromatic heterocycles. The number of Topliss-reactive ketones (excluding diaryl/α,β-unsaturated/α-hetero) is 2. The van der Waals surface area contributed by atoms with E-state index >= 15 is 0 Å². The summed E-state index contributed by atoms with van der Waals surface area (Å²) in [5.74, 6) is 1.67. The second-order valence-electron chi connectivity index (χ2n) is 26.4. The fourth-order valence-corrected chi connectivity index (χ4v) is 14.7. The van der Waals surface area contributed by atoms with Gasteiger partial charge in [-0.25, -0.2) is 9.97 Å². The molecule has 0 unspecified atom stereocenters. The summed E-state index contributed by atoms with van der Waals surface area (Å²) >= 11 is 0. The lowest BCUT2D eigenvalue weighted by atomic mass is 9.91. The van der Waals surface area contributed by atoms with Crippen molar-refractivity contribution in [2.75, 3.05) is 59.7 Å². The highest BCUT2D eigenvalue weighted by atomic mass is 16.3. The summed E-state index contributed by atoms with van der Waals surface area (Å²) in [6.45, 7) is 6.74. The zero-order chi connectivity index (χ0) is 66.4. The average Bonchev–Trinajstić information content (AvgIpc) is 1.60. The molecule has 4 fully saturated rings. The van der Waals surface area contributed by atoms with Crippen molar-refractivity contribution in [2.24, 2.45) is 11.8 Å². The number of amides is 2. The van der Waals surface area contributed by atoms with Crippen molar-refractivity contribution in [1.82, 2.24) is 49.7 Å². The van der Waals surface area contributed by atoms with E-state index in [0.717, 1.165) is 46.2 Å². The zero-order valence-electron chi connectivity index (χ0n) is 54.1. The van der Waals surface area contributed by atoms with Gasteiger partial charge in [0.2, 0.25) is 23.7 Å². The largest absolute Gasteiger partial charge is 0.388 e. The molecule has 2 amide bonds. The molecule has 6 heterocycles. The number of benzene rings is 5. The molecule has 8 N–H and O–H groups in total. The van der Waals surface area contributed by atoms with Crippen molar-refractivity contribution in [1.29, 1.82) is 0 Å². The topological polar surface area (TPSA) is 291 Å². The van der Waals surface area contributed by atoms with E-state index in [1.54, 1.807) is 35.6 Å². The number of carbonyl (C=O) groups is 4. The maximum absolute atomic E-state index is 14.0. The summed E-state index contributed by atoms with van der Waals surface area (Å²) in [6, 6.07) is 46.3. The summed E-state index contributed by atoms with van der Waals surface area (Å²) in [5, 5.41) is 58.2. The van der Waals surface area contributed by atoms with Gasteiger partial charge in [0.05, 0.1) is 36.8 Å². The molecule has 498 valence electrons. The minimum Gasteiger partial charge on any atom is -0.388 e. The number of hydrogen-bond donors (Lipinski definition) is 8. The molecule has 22 heteroatoms. The van der Waals surface area contributed by atoms with E-state index < -0.39 is 48.6 Å². The molecule has 2 aliphatic carbocycles. The molecule has 0 spiro atoms. The van der Waals surface area contributed by atoms with E-state index in [1.807, 2.05) is 97.1 Å². The summed E-state index contributed by atoms with van der Waals surface area (Å²) in [6.07, 6.45) is 2.11. The minimum absolute atomic E-state index is 0.0241. The number of hydrogen-bond acceptors (Lipinski definition) is 18. The lowest BCUT2D eigenvalue weighted by Crippen LogP contribution is -2.42. The number of nitrogens with zero attached hydrogens (tertiary/aromatic N) is 10. The van der Waals surface area contributed by atoms with E-state index in [-0.39, 0.29) is 85.6 Å². The number of rotatable bonds is 26. The summed E-state index contributed by atoms with van der Waals surface area (Å²) < 4.78 is 3.58. The van der Waals surface area contributed by atoms with Crippen molar-refractivity contribution in [3.05, 3.63) is 192 Å². The number of carbonyl (C=O) groups excluding carboxylic acids is 4. The Morgan fingerprint density at radius 1 is 0.490 bits per heavy atom. The van der Waals surface area contributed by atoms with Gasteiger partial charge in [0.1, 0.15) is 36.0 Å². The molecule has 13 rings (SSSR count). The second kappa shape index (κ2) is 29.3. The lowest BCUT2D eigenvalue weighted by Gasteiger charge is -2.22. The van der Waals surface area contributed by atoms with Crippen molar-refractivity contribution in [2.45, 2.75) is 138 Å². The van der Waals surface area contributed by atoms with E-state index in [0.29, 0.717) is 98.0 Å². The monoisotopic (exact) mass is 1300 g/mol. The highest BCUT2D eigenvalue weighted by Gasteiger charge is 2.46. The van der Waals surface area contributed by atoms with E-state index in [9.17, 15) is 39.6 Å². The zero-order valence-corrected chi connectivity index (χ0v) is 54.1. The van der Waals surface area contributed by atoms with Crippen LogP contribution < -0.4 is 31.1 Å². The molecule has 2 aliphatic heterocycles. The Morgan fingerprint density at radius 3 is 1.23 bits per heavy atom. The Hall–Kier alpha value is -9.48. The van der Waals surface area contributed by atoms with Crippen LogP contribution in [0.15, 0.2) is 158 Å². The first-order valence-corrected chi connectivity index (χ1v) is 33.8. The van der Waals surface area contributed by atoms with Gasteiger partial charge in [-0.15, -0.1) is 0 Å². The molecule has 2 saturated heterocycles. The van der Waals surface area contributed by atoms with Crippen LogP contribution in [-0.4, -0.2) is 159 Å². The number of aliphatic hydroxyl groups is 4. The van der Waals surface area contributed by atoms with Crippen LogP contribution in [0.3, 0.4) is 0 Å². The highest BCUT2D eigenvalue weighted by molar-refractivity contribution is 5.87. The van der Waals surface area contributed by atoms with E-state index in [4.69, 9.17) is 29.9 Å². The summed E-state index contributed by atoms with van der Waals surface area (Å²) in [4.78, 5) is 87.2. The standard InChI is InChI=1S/C74H84N14O8/c1-3-61(91)79-57-37-59(67(95)65(57)93)87-43-77-63-69(75-39-55(49-20-9-5-10-21-49)50-22-11-6-12-23-50)81-73(83-71(63)87)85-30-28-47(41-85)35-53(89)33-45-18-17-19-46(32-45)34-54(90)36-48-29-31-86(42-48)74-82-70(76-40-56(51-24-13-7-14-25-51)52-26-15-8-16-27-52)64-72(84-74)88(44-78-64)60-38-58(66(94)68(60)96)80-62(92)4-2/h5-27,32,43-44,47-48,55-60,65-68,93-96H,3-4,28-31,33-42H2,1-2H3,(H,79,91)(H,80,92)(H,75,81,83)(H,76,82,84)/t47-,48-,57-,58-,59+,60+,65+,66+,67-,68-/m0/s1. The van der Waals surface area contributed by atoms with Crippen LogP contribution in [0.5, 0.6) is 0 Å². The van der Waals surface area contributed by atoms with Crippen molar-refractivity contribution in [3.63, 3.8) is 0 Å². The van der Waals surface area contributed by atoms with Gasteiger partial charge >= 0.3 is 0 Å². The SMILES string of the molecule is CCC(=O)N[C@H]1C[C@@H](n2cnc3c(NCC(c4ccccc4)c4ccccc4)nc(N4CC[C@@H](CC(=O)Cc5cccc(CC(=O)C[C@@H]6CCN(c7nc(NCC(c8ccccc8)c8ccccc8)c8ncn([C@@H]9C[C@H](NC(=O)CC)[C@@H](O)[C@H]9O)c8n7)C6)c5)C4)nc32)[C@H](O)[C@@H]1O. The Balaban J connectivity index is 0.667. The first kappa shape index (κ1) is 65.2. The normalized spacial score (nSPS) is 22.6. The van der Waals surface area contributed by atoms with Crippen molar-refractivity contribution < 1.29 is 39.6 Å². The molecular weight excluding hydrogens is 1210 g/mol. The van der Waals surface area contributed by atoms with Crippen molar-refractivity contribution >= 4 is 69.2 Å². The van der Waals surface area contributed by atoms with E-state index in [1.165, 1.54) is 0 Å². The number of anilines is 4. The van der Waals surface area contributed by atoms with Crippen LogP contribution in [-0.2, 0) is 32.0 Å². The fourth-order valence-electron chi connectivity index (χ4n) is 14.7. The van der Waals surface area contributed by atoms with Gasteiger partial charge in [-0.3, -0.25) is 19.2 Å². The van der Waals surface area contributed by atoms with Crippen LogP contribution in [0.25, 0.3) is 22.3 Å². The van der Waals surface area contributed by atoms with Gasteiger partial charge in [0.25, 0.3) is 0 Å². The maximum atomic E-state index is 14.0. The number of nitrogens with one attached hydrogen (secondary N) is 4. The molecule has 2 saturated carbocycles. The third-order valence-electron chi connectivity index (χ3n) is 19.9. The van der Waals surface area contributed by atoms with Gasteiger partial charge in [-0.1, -0.05) is 159 Å². The highest BCUT2D eigenvalue weighted by Crippen LogP contribution is 2.39. The Morgan fingerprint density at radius 2 is 0.865 bits per heavy atom. The van der Waals surface area contributed by atoms with Crippen LogP contribution in [0.1, 0.15) is 123 Å². The fraction of sp³-hybridized carbons (Fsp3) is 0.405. The molecule has 5 aromatic carbocycles. The Labute approximate surface area is 557 Å². The van der Waals surface area contributed by atoms with E-state index in [2.05, 4.69) is 79.6 Å². The number of aliphatic hydroxyl groups excluding tert-OH is 4. The third-order valence-corrected chi connectivity index (χ3v) is 19.9. The number of aromatic nitrogens is 8. The Bertz CT molecular complexity index is 3840. The maximum Gasteiger partial charge on any atom is 0.229 e. The molecule has 9 aromatic rings. The average molecular weight is 1300 g/mol. The number of fused-ring (bicyclic) bond motifs is 2. The molecular formula is C74H84N14O8. The second-order valence-corrected chi connectivity index (χ2v) is 26.4. The molecule has 4 aliphatic rings. The smallest absolute Gasteiger partial charge is 0.229 e. The molecule has 22 nitrogen and oxygen atoms in total. The van der Waals surface area contributed by atoms with Gasteiger partial charge in [-0.05, 0) is 70.9 Å². The number of ketones is 2. The molecule has 96 heavy (non-hydrogen) atoms. The molecule has 0 bridgehead atoms. The third kappa shape index (κ3) is 14.4. The van der Waals surface area contributed by atoms with Crippen LogP contribution >= 0.6 is 0 Å². The predicted octanol–water partition coefficient (Wildman–Crippen LogP) is 7.63. The molecule has 10 atom stereocenters. The van der Waals surface area contributed by atoms with Crippen molar-refractivity contribution in [3.8, 4) is 0 Å². The first-order valence-electron chi connectivity index (χ1n) is 33.8. The van der Waals surface area contributed by atoms with Crippen LogP contribution in [0, 0.1) is 11.8 Å². The molecule has 0 radical (unpaired) electrons. The van der Waals surface area contributed by atoms with Crippen LogP contribution in [0.2, 0.25) is 0 Å². The predicted molar refractivity (Wildman–Crippen MR) is 367 cm³/mol. The van der Waals surface area contributed by atoms with Gasteiger partial charge in [0.15, 0.2) is 34.0 Å². The van der Waals surface area contributed by atoms with Gasteiger partial charge in [0, 0.05) is 89.6 Å². The first-order chi connectivity index (χ1) is 46.7. The lowest BCUT2D eigenvalue weighted by molar-refractivity contribution is -0.123. The van der Waals surface area contributed by atoms with Gasteiger partial charge in [-0.2, -0.15) is 19.9 Å². The van der Waals surface area contributed by atoms with Crippen LogP contribution in [0.4, 0.5) is 23.5 Å². The quantitative estimate of drug-likeness (QED) is 0.0258. The summed E-state index contributed by atoms with van der Waals surface area (Å²) in [7, 11) is 0. The van der Waals surface area contributed by atoms with Gasteiger partial charge < -0.3 is 60.6 Å². The summed E-state index contributed by atoms with van der Waals surface area (Å²) in [5.41, 5.74) is 8.17. The Kier molecular flexibility index (Phi) is 19.9. The number of imidazole rings is 2. The minimum atomic E-state index is -1.20.